The Balaban J connectivity index is 1.91. The van der Waals surface area contributed by atoms with Crippen molar-refractivity contribution in [3.63, 3.8) is 0 Å². The van der Waals surface area contributed by atoms with Gasteiger partial charge in [0.05, 0.1) is 5.39 Å². The highest BCUT2D eigenvalue weighted by molar-refractivity contribution is 7.99. The Hall–Kier alpha value is -2.87. The van der Waals surface area contributed by atoms with Gasteiger partial charge in [0.15, 0.2) is 0 Å². The topological polar surface area (TPSA) is 86.0 Å². The molecule has 0 radical (unpaired) electrons. The van der Waals surface area contributed by atoms with Crippen molar-refractivity contribution in [2.45, 2.75) is 37.3 Å². The molecule has 1 amide bonds. The van der Waals surface area contributed by atoms with Gasteiger partial charge >= 0.3 is 5.69 Å². The number of hydrogen-bond donors (Lipinski definition) is 1. The standard InChI is InChI=1S/C21H24N4O3S/c1-6-13(3)29-14-7-9-16(12(2)11-14)23-19(26)17-10-8-15-18(22-17)24(4)21(28)25(5)20(15)27/h7-11,13H,6H2,1-5H3,(H,23,26). The summed E-state index contributed by atoms with van der Waals surface area (Å²) in [4.78, 5) is 42.5. The van der Waals surface area contributed by atoms with Crippen molar-refractivity contribution in [3.8, 4) is 0 Å². The zero-order valence-electron chi connectivity index (χ0n) is 17.1. The molecule has 3 aromatic rings. The lowest BCUT2D eigenvalue weighted by Gasteiger charge is -2.13. The third-order valence-electron chi connectivity index (χ3n) is 4.89. The summed E-state index contributed by atoms with van der Waals surface area (Å²) in [5.41, 5.74) is 1.04. The van der Waals surface area contributed by atoms with Crippen molar-refractivity contribution in [1.82, 2.24) is 14.1 Å². The van der Waals surface area contributed by atoms with E-state index in [1.54, 1.807) is 11.8 Å². The lowest BCUT2D eigenvalue weighted by atomic mass is 10.2. The summed E-state index contributed by atoms with van der Waals surface area (Å²) in [6, 6.07) is 8.93. The second-order valence-corrected chi connectivity index (χ2v) is 8.55. The van der Waals surface area contributed by atoms with E-state index in [1.165, 1.54) is 30.8 Å². The number of pyridine rings is 1. The number of nitrogens with one attached hydrogen (secondary N) is 1. The molecule has 1 atom stereocenters. The molecule has 2 heterocycles. The molecule has 1 aromatic carbocycles. The van der Waals surface area contributed by atoms with E-state index >= 15 is 0 Å². The van der Waals surface area contributed by atoms with Crippen LogP contribution in [-0.2, 0) is 14.1 Å². The van der Waals surface area contributed by atoms with Gasteiger partial charge in [0.2, 0.25) is 0 Å². The van der Waals surface area contributed by atoms with Crippen LogP contribution in [0.5, 0.6) is 0 Å². The van der Waals surface area contributed by atoms with Gasteiger partial charge in [-0.05, 0) is 49.2 Å². The average molecular weight is 413 g/mol. The fraction of sp³-hybridized carbons (Fsp3) is 0.333. The third-order valence-corrected chi connectivity index (χ3v) is 6.15. The Morgan fingerprint density at radius 1 is 1.17 bits per heavy atom. The molecule has 0 bridgehead atoms. The maximum absolute atomic E-state index is 12.7. The number of carbonyl (C=O) groups excluding carboxylic acids is 1. The summed E-state index contributed by atoms with van der Waals surface area (Å²) in [6.45, 7) is 6.28. The molecular formula is C21H24N4O3S. The predicted octanol–water partition coefficient (Wildman–Crippen LogP) is 3.08. The Bertz CT molecular complexity index is 1210. The zero-order chi connectivity index (χ0) is 21.3. The van der Waals surface area contributed by atoms with Gasteiger partial charge < -0.3 is 5.32 Å². The third kappa shape index (κ3) is 4.12. The number of rotatable bonds is 5. The molecule has 0 aliphatic rings. The summed E-state index contributed by atoms with van der Waals surface area (Å²) in [6.07, 6.45) is 1.08. The molecular weight excluding hydrogens is 388 g/mol. The molecule has 0 aliphatic carbocycles. The van der Waals surface area contributed by atoms with E-state index < -0.39 is 17.2 Å². The first kappa shape index (κ1) is 20.9. The molecule has 0 aliphatic heterocycles. The van der Waals surface area contributed by atoms with Crippen molar-refractivity contribution in [2.24, 2.45) is 14.1 Å². The van der Waals surface area contributed by atoms with E-state index in [2.05, 4.69) is 24.1 Å². The minimum Gasteiger partial charge on any atom is -0.320 e. The van der Waals surface area contributed by atoms with Gasteiger partial charge in [0.1, 0.15) is 11.3 Å². The molecule has 0 fully saturated rings. The van der Waals surface area contributed by atoms with Crippen molar-refractivity contribution in [2.75, 3.05) is 5.32 Å². The molecule has 3 rings (SSSR count). The van der Waals surface area contributed by atoms with Crippen LogP contribution in [0.4, 0.5) is 5.69 Å². The van der Waals surface area contributed by atoms with Gasteiger partial charge in [-0.2, -0.15) is 0 Å². The maximum atomic E-state index is 12.7. The van der Waals surface area contributed by atoms with Crippen LogP contribution in [-0.4, -0.2) is 25.3 Å². The first-order valence-corrected chi connectivity index (χ1v) is 10.3. The SMILES string of the molecule is CCC(C)Sc1ccc(NC(=O)c2ccc3c(=O)n(C)c(=O)n(C)c3n2)c(C)c1. The highest BCUT2D eigenvalue weighted by Crippen LogP contribution is 2.28. The second-order valence-electron chi connectivity index (χ2n) is 7.04. The number of amides is 1. The molecule has 7 nitrogen and oxygen atoms in total. The van der Waals surface area contributed by atoms with Crippen molar-refractivity contribution >= 4 is 34.4 Å². The number of aryl methyl sites for hydroxylation is 2. The van der Waals surface area contributed by atoms with Gasteiger partial charge in [-0.25, -0.2) is 9.78 Å². The van der Waals surface area contributed by atoms with Crippen LogP contribution in [0.2, 0.25) is 0 Å². The van der Waals surface area contributed by atoms with Gasteiger partial charge in [-0.15, -0.1) is 11.8 Å². The first-order chi connectivity index (χ1) is 13.7. The fourth-order valence-electron chi connectivity index (χ4n) is 2.93. The predicted molar refractivity (Wildman–Crippen MR) is 117 cm³/mol. The second kappa shape index (κ2) is 8.24. The number of benzene rings is 1. The minimum absolute atomic E-state index is 0.137. The molecule has 1 N–H and O–H groups in total. The van der Waals surface area contributed by atoms with Crippen LogP contribution in [0.15, 0.2) is 44.8 Å². The molecule has 152 valence electrons. The zero-order valence-corrected chi connectivity index (χ0v) is 18.0. The Morgan fingerprint density at radius 3 is 2.55 bits per heavy atom. The van der Waals surface area contributed by atoms with E-state index in [0.29, 0.717) is 10.9 Å². The van der Waals surface area contributed by atoms with Crippen LogP contribution in [0.1, 0.15) is 36.3 Å². The van der Waals surface area contributed by atoms with E-state index in [4.69, 9.17) is 0 Å². The average Bonchev–Trinajstić information content (AvgIpc) is 2.71. The van der Waals surface area contributed by atoms with Crippen LogP contribution < -0.4 is 16.6 Å². The largest absolute Gasteiger partial charge is 0.332 e. The quantitative estimate of drug-likeness (QED) is 0.651. The Morgan fingerprint density at radius 2 is 1.90 bits per heavy atom. The van der Waals surface area contributed by atoms with E-state index in [9.17, 15) is 14.4 Å². The van der Waals surface area contributed by atoms with Crippen molar-refractivity contribution in [3.05, 3.63) is 62.4 Å². The Kier molecular flexibility index (Phi) is 5.93. The minimum atomic E-state index is -0.488. The molecule has 2 aromatic heterocycles. The van der Waals surface area contributed by atoms with E-state index in [-0.39, 0.29) is 16.7 Å². The van der Waals surface area contributed by atoms with Crippen LogP contribution >= 0.6 is 11.8 Å². The molecule has 0 saturated carbocycles. The lowest BCUT2D eigenvalue weighted by molar-refractivity contribution is 0.102. The number of hydrogen-bond acceptors (Lipinski definition) is 5. The molecule has 1 unspecified atom stereocenters. The molecule has 0 saturated heterocycles. The van der Waals surface area contributed by atoms with E-state index in [0.717, 1.165) is 21.4 Å². The van der Waals surface area contributed by atoms with Crippen LogP contribution in [0.25, 0.3) is 11.0 Å². The number of thioether (sulfide) groups is 1. The van der Waals surface area contributed by atoms with E-state index in [1.807, 2.05) is 25.1 Å². The van der Waals surface area contributed by atoms with Crippen LogP contribution in [0.3, 0.4) is 0 Å². The number of anilines is 1. The molecule has 8 heteroatoms. The van der Waals surface area contributed by atoms with Crippen molar-refractivity contribution < 1.29 is 4.79 Å². The Labute approximate surface area is 172 Å². The lowest BCUT2D eigenvalue weighted by Crippen LogP contribution is -2.37. The summed E-state index contributed by atoms with van der Waals surface area (Å²) in [5, 5.41) is 3.67. The highest BCUT2D eigenvalue weighted by atomic mass is 32.2. The summed E-state index contributed by atoms with van der Waals surface area (Å²) < 4.78 is 2.28. The number of nitrogens with zero attached hydrogens (tertiary/aromatic N) is 3. The molecule has 29 heavy (non-hydrogen) atoms. The van der Waals surface area contributed by atoms with Gasteiger partial charge in [-0.1, -0.05) is 13.8 Å². The van der Waals surface area contributed by atoms with Gasteiger partial charge in [-0.3, -0.25) is 18.7 Å². The molecule has 0 spiro atoms. The smallest absolute Gasteiger partial charge is 0.320 e. The highest BCUT2D eigenvalue weighted by Gasteiger charge is 2.15. The summed E-state index contributed by atoms with van der Waals surface area (Å²) in [5.74, 6) is -0.398. The van der Waals surface area contributed by atoms with Crippen molar-refractivity contribution in [1.29, 1.82) is 0 Å². The van der Waals surface area contributed by atoms with Crippen LogP contribution in [0, 0.1) is 6.92 Å². The first-order valence-electron chi connectivity index (χ1n) is 9.38. The normalized spacial score (nSPS) is 12.2. The number of fused-ring (bicyclic) bond motifs is 1. The maximum Gasteiger partial charge on any atom is 0.332 e. The fourth-order valence-corrected chi connectivity index (χ4v) is 3.96. The number of carbonyl (C=O) groups is 1. The van der Waals surface area contributed by atoms with Gasteiger partial charge in [0.25, 0.3) is 11.5 Å². The summed E-state index contributed by atoms with van der Waals surface area (Å²) >= 11 is 1.80. The van der Waals surface area contributed by atoms with Gasteiger partial charge in [0, 0.05) is 29.9 Å². The number of aromatic nitrogens is 3. The summed E-state index contributed by atoms with van der Waals surface area (Å²) in [7, 11) is 2.94. The monoisotopic (exact) mass is 412 g/mol.